The third kappa shape index (κ3) is 3.48. The lowest BCUT2D eigenvalue weighted by Crippen LogP contribution is -2.39. The van der Waals surface area contributed by atoms with Crippen molar-refractivity contribution in [1.82, 2.24) is 5.32 Å². The van der Waals surface area contributed by atoms with Crippen molar-refractivity contribution in [2.75, 3.05) is 6.54 Å². The minimum absolute atomic E-state index is 0.00574. The van der Waals surface area contributed by atoms with Gasteiger partial charge < -0.3 is 10.1 Å². The van der Waals surface area contributed by atoms with Gasteiger partial charge in [0.2, 0.25) is 0 Å². The number of esters is 1. The van der Waals surface area contributed by atoms with E-state index in [4.69, 9.17) is 4.74 Å². The van der Waals surface area contributed by atoms with Crippen LogP contribution < -0.4 is 5.32 Å². The van der Waals surface area contributed by atoms with Crippen molar-refractivity contribution in [2.24, 2.45) is 0 Å². The molecule has 1 N–H and O–H groups in total. The molecule has 0 aromatic rings. The zero-order valence-corrected chi connectivity index (χ0v) is 10.0. The average molecular weight is 225 g/mol. The maximum absolute atomic E-state index is 11.9. The first kappa shape index (κ1) is 11.9. The highest BCUT2D eigenvalue weighted by Gasteiger charge is 2.24. The van der Waals surface area contributed by atoms with Crippen LogP contribution in [0.1, 0.15) is 57.8 Å². The summed E-state index contributed by atoms with van der Waals surface area (Å²) in [5.74, 6) is -0.00574. The smallest absolute Gasteiger partial charge is 0.323 e. The minimum Gasteiger partial charge on any atom is -0.461 e. The van der Waals surface area contributed by atoms with Crippen molar-refractivity contribution < 1.29 is 9.53 Å². The molecular formula is C13H23NO2. The zero-order chi connectivity index (χ0) is 11.2. The van der Waals surface area contributed by atoms with Crippen molar-refractivity contribution in [3.63, 3.8) is 0 Å². The number of nitrogens with one attached hydrogen (secondary N) is 1. The van der Waals surface area contributed by atoms with Gasteiger partial charge in [-0.15, -0.1) is 0 Å². The zero-order valence-electron chi connectivity index (χ0n) is 10.0. The second-order valence-electron chi connectivity index (χ2n) is 5.05. The second-order valence-corrected chi connectivity index (χ2v) is 5.05. The largest absolute Gasteiger partial charge is 0.461 e. The maximum Gasteiger partial charge on any atom is 0.323 e. The molecule has 1 saturated carbocycles. The predicted molar refractivity (Wildman–Crippen MR) is 63.2 cm³/mol. The first-order chi connectivity index (χ1) is 7.86. The van der Waals surface area contributed by atoms with Gasteiger partial charge in [0.15, 0.2) is 0 Å². The van der Waals surface area contributed by atoms with E-state index in [1.54, 1.807) is 0 Å². The van der Waals surface area contributed by atoms with Crippen LogP contribution in [0.15, 0.2) is 0 Å². The molecule has 0 bridgehead atoms. The average Bonchev–Trinajstić information content (AvgIpc) is 2.59. The van der Waals surface area contributed by atoms with Gasteiger partial charge in [-0.05, 0) is 45.1 Å². The standard InChI is InChI=1S/C13H23NO2/c15-13(12-9-5-2-6-10-14-12)16-11-7-3-1-4-8-11/h11-12,14H,1-10H2. The fourth-order valence-electron chi connectivity index (χ4n) is 2.66. The van der Waals surface area contributed by atoms with Crippen molar-refractivity contribution in [2.45, 2.75) is 69.9 Å². The van der Waals surface area contributed by atoms with Crippen LogP contribution in [-0.2, 0) is 9.53 Å². The Morgan fingerprint density at radius 3 is 2.44 bits per heavy atom. The van der Waals surface area contributed by atoms with Gasteiger partial charge in [-0.3, -0.25) is 4.79 Å². The number of carbonyl (C=O) groups excluding carboxylic acids is 1. The first-order valence-electron chi connectivity index (χ1n) is 6.80. The molecule has 3 nitrogen and oxygen atoms in total. The lowest BCUT2D eigenvalue weighted by Gasteiger charge is -2.24. The monoisotopic (exact) mass is 225 g/mol. The predicted octanol–water partition coefficient (Wildman–Crippen LogP) is 2.39. The van der Waals surface area contributed by atoms with Gasteiger partial charge in [-0.25, -0.2) is 0 Å². The fraction of sp³-hybridized carbons (Fsp3) is 0.923. The molecule has 16 heavy (non-hydrogen) atoms. The summed E-state index contributed by atoms with van der Waals surface area (Å²) in [6.45, 7) is 0.963. The molecule has 3 heteroatoms. The Morgan fingerprint density at radius 1 is 0.938 bits per heavy atom. The molecule has 1 atom stereocenters. The maximum atomic E-state index is 11.9. The second kappa shape index (κ2) is 6.24. The van der Waals surface area contributed by atoms with E-state index in [0.29, 0.717) is 0 Å². The summed E-state index contributed by atoms with van der Waals surface area (Å²) in [4.78, 5) is 11.9. The van der Waals surface area contributed by atoms with Crippen molar-refractivity contribution >= 4 is 5.97 Å². The number of rotatable bonds is 2. The van der Waals surface area contributed by atoms with Crippen LogP contribution in [0.25, 0.3) is 0 Å². The third-order valence-corrected chi connectivity index (χ3v) is 3.68. The van der Waals surface area contributed by atoms with Crippen LogP contribution in [0.4, 0.5) is 0 Å². The summed E-state index contributed by atoms with van der Waals surface area (Å²) in [7, 11) is 0. The number of ether oxygens (including phenoxy) is 1. The minimum atomic E-state index is -0.0376. The van der Waals surface area contributed by atoms with Gasteiger partial charge in [0.25, 0.3) is 0 Å². The summed E-state index contributed by atoms with van der Waals surface area (Å²) < 4.78 is 5.58. The van der Waals surface area contributed by atoms with Gasteiger partial charge in [-0.2, -0.15) is 0 Å². The quantitative estimate of drug-likeness (QED) is 0.733. The van der Waals surface area contributed by atoms with Crippen LogP contribution in [0.2, 0.25) is 0 Å². The van der Waals surface area contributed by atoms with Crippen LogP contribution in [0.3, 0.4) is 0 Å². The van der Waals surface area contributed by atoms with E-state index in [1.165, 1.54) is 32.1 Å². The molecule has 1 saturated heterocycles. The van der Waals surface area contributed by atoms with E-state index in [1.807, 2.05) is 0 Å². The van der Waals surface area contributed by atoms with E-state index in [-0.39, 0.29) is 18.1 Å². The summed E-state index contributed by atoms with van der Waals surface area (Å²) in [5, 5.41) is 3.30. The Kier molecular flexibility index (Phi) is 4.64. The van der Waals surface area contributed by atoms with Crippen LogP contribution in [-0.4, -0.2) is 24.7 Å². The number of carbonyl (C=O) groups is 1. The molecule has 1 unspecified atom stereocenters. The Hall–Kier alpha value is -0.570. The molecule has 1 aliphatic heterocycles. The van der Waals surface area contributed by atoms with Gasteiger partial charge in [-0.1, -0.05) is 19.3 Å². The molecular weight excluding hydrogens is 202 g/mol. The molecule has 2 rings (SSSR count). The van der Waals surface area contributed by atoms with Gasteiger partial charge >= 0.3 is 5.97 Å². The van der Waals surface area contributed by atoms with Gasteiger partial charge in [0.1, 0.15) is 12.1 Å². The molecule has 0 aromatic carbocycles. The van der Waals surface area contributed by atoms with Crippen LogP contribution in [0, 0.1) is 0 Å². The number of hydrogen-bond acceptors (Lipinski definition) is 3. The van der Waals surface area contributed by atoms with Crippen molar-refractivity contribution in [3.05, 3.63) is 0 Å². The highest BCUT2D eigenvalue weighted by Crippen LogP contribution is 2.21. The fourth-order valence-corrected chi connectivity index (χ4v) is 2.66. The van der Waals surface area contributed by atoms with Crippen molar-refractivity contribution in [1.29, 1.82) is 0 Å². The van der Waals surface area contributed by atoms with Crippen LogP contribution in [0.5, 0.6) is 0 Å². The van der Waals surface area contributed by atoms with E-state index in [0.717, 1.165) is 32.2 Å². The van der Waals surface area contributed by atoms with Crippen LogP contribution >= 0.6 is 0 Å². The summed E-state index contributed by atoms with van der Waals surface area (Å²) in [5.41, 5.74) is 0. The lowest BCUT2D eigenvalue weighted by molar-refractivity contribution is -0.153. The lowest BCUT2D eigenvalue weighted by atomic mass is 9.98. The van der Waals surface area contributed by atoms with Gasteiger partial charge in [0.05, 0.1) is 0 Å². The van der Waals surface area contributed by atoms with Gasteiger partial charge in [0, 0.05) is 0 Å². The topological polar surface area (TPSA) is 38.3 Å². The molecule has 0 radical (unpaired) electrons. The van der Waals surface area contributed by atoms with E-state index >= 15 is 0 Å². The highest BCUT2D eigenvalue weighted by molar-refractivity contribution is 5.76. The molecule has 2 aliphatic rings. The summed E-state index contributed by atoms with van der Waals surface area (Å²) in [6, 6.07) is -0.0376. The Balaban J connectivity index is 1.76. The molecule has 0 aromatic heterocycles. The Labute approximate surface area is 97.9 Å². The molecule has 1 aliphatic carbocycles. The van der Waals surface area contributed by atoms with Crippen molar-refractivity contribution in [3.8, 4) is 0 Å². The number of hydrogen-bond donors (Lipinski definition) is 1. The highest BCUT2D eigenvalue weighted by atomic mass is 16.5. The molecule has 0 amide bonds. The normalized spacial score (nSPS) is 28.4. The Morgan fingerprint density at radius 2 is 1.62 bits per heavy atom. The third-order valence-electron chi connectivity index (χ3n) is 3.68. The summed E-state index contributed by atoms with van der Waals surface area (Å²) in [6.07, 6.45) is 10.6. The molecule has 92 valence electrons. The molecule has 2 fully saturated rings. The Bertz CT molecular complexity index is 216. The molecule has 0 spiro atoms. The first-order valence-corrected chi connectivity index (χ1v) is 6.80. The van der Waals surface area contributed by atoms with E-state index in [2.05, 4.69) is 5.32 Å². The van der Waals surface area contributed by atoms with E-state index in [9.17, 15) is 4.79 Å². The van der Waals surface area contributed by atoms with E-state index < -0.39 is 0 Å². The molecule has 1 heterocycles. The SMILES string of the molecule is O=C(OC1CCCCC1)C1CCCCCN1. The summed E-state index contributed by atoms with van der Waals surface area (Å²) >= 11 is 0.